The van der Waals surface area contributed by atoms with E-state index in [-0.39, 0.29) is 41.4 Å². The van der Waals surface area contributed by atoms with Crippen molar-refractivity contribution in [2.75, 3.05) is 6.61 Å². The van der Waals surface area contributed by atoms with Crippen LogP contribution in [-0.2, 0) is 16.1 Å². The summed E-state index contributed by atoms with van der Waals surface area (Å²) in [6, 6.07) is 6.49. The first-order chi connectivity index (χ1) is 21.7. The maximum Gasteiger partial charge on any atom is 0.322 e. The summed E-state index contributed by atoms with van der Waals surface area (Å²) in [6.07, 6.45) is 6.82. The van der Waals surface area contributed by atoms with E-state index in [0.717, 1.165) is 32.1 Å². The first-order valence-electron chi connectivity index (χ1n) is 15.8. The number of urea groups is 1. The van der Waals surface area contributed by atoms with Crippen molar-refractivity contribution >= 4 is 23.8 Å². The van der Waals surface area contributed by atoms with E-state index in [9.17, 15) is 19.2 Å². The maximum absolute atomic E-state index is 13.2. The first-order valence-corrected chi connectivity index (χ1v) is 15.8. The molecule has 0 aliphatic carbocycles. The second-order valence-corrected chi connectivity index (χ2v) is 10.6. The molecule has 2 aromatic heterocycles. The van der Waals surface area contributed by atoms with E-state index in [2.05, 4.69) is 31.0 Å². The van der Waals surface area contributed by atoms with Gasteiger partial charge in [-0.15, -0.1) is 0 Å². The summed E-state index contributed by atoms with van der Waals surface area (Å²) < 4.78 is 12.3. The minimum absolute atomic E-state index is 0.0150. The number of rotatable bonds is 17. The van der Waals surface area contributed by atoms with Crippen LogP contribution in [0.4, 0.5) is 4.79 Å². The zero-order chi connectivity index (χ0) is 32.8. The Balaban J connectivity index is 1.77. The number of carbonyl (C=O) groups excluding carboxylic acids is 4. The molecule has 0 unspecified atom stereocenters. The molecule has 3 rings (SSSR count). The molecule has 3 N–H and O–H groups in total. The monoisotopic (exact) mass is 623 g/mol. The summed E-state index contributed by atoms with van der Waals surface area (Å²) in [5.74, 6) is -0.607. The molecule has 45 heavy (non-hydrogen) atoms. The van der Waals surface area contributed by atoms with Crippen LogP contribution < -0.4 is 16.0 Å². The number of benzene rings is 1. The Hall–Kier alpha value is -4.55. The Bertz CT molecular complexity index is 1420. The number of aryl methyl sites for hydroxylation is 1. The van der Waals surface area contributed by atoms with Crippen LogP contribution >= 0.6 is 0 Å². The van der Waals surface area contributed by atoms with Crippen LogP contribution in [0.5, 0.6) is 0 Å². The normalized spacial score (nSPS) is 11.1. The zero-order valence-electron chi connectivity index (χ0n) is 26.9. The number of hydrogen-bond donors (Lipinski definition) is 3. The molecule has 0 aliphatic rings. The molecule has 3 aromatic rings. The predicted octanol–water partition coefficient (Wildman–Crippen LogP) is 5.27. The van der Waals surface area contributed by atoms with Gasteiger partial charge in [0.2, 0.25) is 17.5 Å². The van der Waals surface area contributed by atoms with Gasteiger partial charge in [0.15, 0.2) is 5.82 Å². The summed E-state index contributed by atoms with van der Waals surface area (Å²) in [5, 5.41) is 12.7. The smallest absolute Gasteiger partial charge is 0.322 e. The summed E-state index contributed by atoms with van der Waals surface area (Å²) in [4.78, 5) is 58.5. The summed E-state index contributed by atoms with van der Waals surface area (Å²) in [5.41, 5.74) is 1.19. The highest BCUT2D eigenvalue weighted by Gasteiger charge is 2.22. The van der Waals surface area contributed by atoms with Crippen molar-refractivity contribution < 1.29 is 28.3 Å². The number of carbonyl (C=O) groups is 4. The molecular weight excluding hydrogens is 578 g/mol. The molecule has 13 heteroatoms. The molecule has 13 nitrogen and oxygen atoms in total. The zero-order valence-corrected chi connectivity index (χ0v) is 26.9. The molecule has 0 fully saturated rings. The van der Waals surface area contributed by atoms with Crippen LogP contribution in [0, 0.1) is 0 Å². The van der Waals surface area contributed by atoms with Gasteiger partial charge in [0.1, 0.15) is 0 Å². The average molecular weight is 624 g/mol. The molecule has 0 saturated carbocycles. The van der Waals surface area contributed by atoms with Gasteiger partial charge in [-0.2, -0.15) is 5.10 Å². The van der Waals surface area contributed by atoms with Crippen LogP contribution in [-0.4, -0.2) is 62.3 Å². The fourth-order valence-electron chi connectivity index (χ4n) is 4.65. The van der Waals surface area contributed by atoms with Crippen LogP contribution in [0.1, 0.15) is 107 Å². The van der Waals surface area contributed by atoms with Gasteiger partial charge in [-0.3, -0.25) is 19.7 Å². The van der Waals surface area contributed by atoms with Crippen molar-refractivity contribution in [3.05, 3.63) is 42.0 Å². The molecule has 0 bridgehead atoms. The van der Waals surface area contributed by atoms with Crippen molar-refractivity contribution in [1.82, 2.24) is 35.7 Å². The topological polar surface area (TPSA) is 170 Å². The second kappa shape index (κ2) is 17.7. The van der Waals surface area contributed by atoms with Crippen molar-refractivity contribution in [2.45, 2.75) is 105 Å². The number of imide groups is 1. The van der Waals surface area contributed by atoms with Gasteiger partial charge in [-0.25, -0.2) is 19.4 Å². The SMILES string of the molecule is CCOC(=O)CCCCCn1nc(-c2cccc(-c3ncc(C(=O)NC(=O)NC(CC)CC)o3)c2)nc1C(=O)NC(CC)CC. The molecule has 0 aliphatic heterocycles. The Morgan fingerprint density at radius 1 is 0.889 bits per heavy atom. The third kappa shape index (κ3) is 10.3. The Kier molecular flexibility index (Phi) is 13.7. The van der Waals surface area contributed by atoms with Gasteiger partial charge in [0.25, 0.3) is 11.8 Å². The highest BCUT2D eigenvalue weighted by Crippen LogP contribution is 2.25. The summed E-state index contributed by atoms with van der Waals surface area (Å²) in [6.45, 7) is 10.5. The Morgan fingerprint density at radius 2 is 1.58 bits per heavy atom. The lowest BCUT2D eigenvalue weighted by Crippen LogP contribution is -2.44. The van der Waals surface area contributed by atoms with Crippen molar-refractivity contribution in [2.24, 2.45) is 0 Å². The van der Waals surface area contributed by atoms with Crippen molar-refractivity contribution in [1.29, 1.82) is 0 Å². The number of esters is 1. The van der Waals surface area contributed by atoms with E-state index in [1.165, 1.54) is 6.20 Å². The number of amides is 4. The lowest BCUT2D eigenvalue weighted by molar-refractivity contribution is -0.143. The minimum Gasteiger partial charge on any atom is -0.466 e. The number of hydrogen-bond acceptors (Lipinski definition) is 9. The second-order valence-electron chi connectivity index (χ2n) is 10.6. The predicted molar refractivity (Wildman–Crippen MR) is 168 cm³/mol. The van der Waals surface area contributed by atoms with E-state index in [0.29, 0.717) is 49.4 Å². The molecule has 0 saturated heterocycles. The number of oxazole rings is 1. The lowest BCUT2D eigenvalue weighted by atomic mass is 10.1. The standard InChI is InChI=1S/C32H45N7O6/c1-6-23(7-2)34-30(42)28-36-27(38-39(28)18-13-11-12-17-26(40)44-10-5)21-15-14-16-22(19-21)31-33-20-25(45-31)29(41)37-32(43)35-24(8-3)9-4/h14-16,19-20,23-24H,6-13,17-18H2,1-5H3,(H,34,42)(H2,35,37,41,43). The number of aromatic nitrogens is 4. The summed E-state index contributed by atoms with van der Waals surface area (Å²) in [7, 11) is 0. The number of nitrogens with zero attached hydrogens (tertiary/aromatic N) is 4. The van der Waals surface area contributed by atoms with Gasteiger partial charge >= 0.3 is 12.0 Å². The third-order valence-electron chi connectivity index (χ3n) is 7.40. The summed E-state index contributed by atoms with van der Waals surface area (Å²) >= 11 is 0. The minimum atomic E-state index is -0.704. The van der Waals surface area contributed by atoms with Gasteiger partial charge in [-0.1, -0.05) is 46.2 Å². The van der Waals surface area contributed by atoms with E-state index < -0.39 is 11.9 Å². The fraction of sp³-hybridized carbons (Fsp3) is 0.531. The molecule has 1 aromatic carbocycles. The molecule has 0 atom stereocenters. The van der Waals surface area contributed by atoms with Gasteiger partial charge in [0.05, 0.1) is 12.8 Å². The van der Waals surface area contributed by atoms with Crippen molar-refractivity contribution in [3.8, 4) is 22.8 Å². The third-order valence-corrected chi connectivity index (χ3v) is 7.40. The maximum atomic E-state index is 13.2. The molecule has 244 valence electrons. The highest BCUT2D eigenvalue weighted by molar-refractivity contribution is 6.02. The molecule has 0 radical (unpaired) electrons. The average Bonchev–Trinajstić information content (AvgIpc) is 3.71. The molecule has 4 amide bonds. The molecular formula is C32H45N7O6. The van der Waals surface area contributed by atoms with Gasteiger partial charge in [-0.05, 0) is 57.6 Å². The van der Waals surface area contributed by atoms with Crippen LogP contribution in [0.2, 0.25) is 0 Å². The lowest BCUT2D eigenvalue weighted by Gasteiger charge is -2.14. The van der Waals surface area contributed by atoms with Crippen LogP contribution in [0.3, 0.4) is 0 Å². The van der Waals surface area contributed by atoms with Crippen molar-refractivity contribution in [3.63, 3.8) is 0 Å². The van der Waals surface area contributed by atoms with Gasteiger partial charge in [0, 0.05) is 36.2 Å². The van der Waals surface area contributed by atoms with E-state index in [1.54, 1.807) is 29.8 Å². The quantitative estimate of drug-likeness (QED) is 0.134. The molecule has 0 spiro atoms. The number of unbranched alkanes of at least 4 members (excludes halogenated alkanes) is 2. The number of ether oxygens (including phenoxy) is 1. The fourth-order valence-corrected chi connectivity index (χ4v) is 4.65. The Labute approximate surface area is 263 Å². The number of nitrogens with one attached hydrogen (secondary N) is 3. The van der Waals surface area contributed by atoms with Crippen LogP contribution in [0.25, 0.3) is 22.8 Å². The first kappa shape index (κ1) is 34.9. The van der Waals surface area contributed by atoms with Crippen LogP contribution in [0.15, 0.2) is 34.9 Å². The Morgan fingerprint density at radius 3 is 2.27 bits per heavy atom. The largest absolute Gasteiger partial charge is 0.466 e. The van der Waals surface area contributed by atoms with E-state index in [4.69, 9.17) is 9.15 Å². The van der Waals surface area contributed by atoms with Gasteiger partial charge < -0.3 is 19.8 Å². The van der Waals surface area contributed by atoms with E-state index in [1.807, 2.05) is 33.8 Å². The molecule has 2 heterocycles. The van der Waals surface area contributed by atoms with E-state index >= 15 is 0 Å². The highest BCUT2D eigenvalue weighted by atomic mass is 16.5.